The molecule has 0 aromatic carbocycles. The van der Waals surface area contributed by atoms with Gasteiger partial charge in [-0.1, -0.05) is 6.92 Å². The molecule has 0 N–H and O–H groups in total. The van der Waals surface area contributed by atoms with Gasteiger partial charge in [-0.25, -0.2) is 0 Å². The Kier molecular flexibility index (Phi) is 1.62. The standard InChI is InChI=1S/C9H12O4/c1-3-12-7(10)9-5(2)6(9)4-13-8(9)11/h5-6H,3-4H2,1-2H3/t5-,6+,9-/m0/s1. The first kappa shape index (κ1) is 8.53. The third kappa shape index (κ3) is 0.806. The monoisotopic (exact) mass is 184 g/mol. The van der Waals surface area contributed by atoms with Gasteiger partial charge < -0.3 is 9.47 Å². The maximum Gasteiger partial charge on any atom is 0.324 e. The Balaban J connectivity index is 2.20. The molecule has 0 radical (unpaired) electrons. The van der Waals surface area contributed by atoms with Gasteiger partial charge in [-0.15, -0.1) is 0 Å². The smallest absolute Gasteiger partial charge is 0.324 e. The van der Waals surface area contributed by atoms with E-state index < -0.39 is 17.4 Å². The zero-order valence-corrected chi connectivity index (χ0v) is 7.70. The van der Waals surface area contributed by atoms with Crippen LogP contribution in [-0.2, 0) is 19.1 Å². The van der Waals surface area contributed by atoms with Crippen LogP contribution in [0.15, 0.2) is 0 Å². The van der Waals surface area contributed by atoms with Crippen LogP contribution in [-0.4, -0.2) is 25.2 Å². The van der Waals surface area contributed by atoms with E-state index in [0.29, 0.717) is 13.2 Å². The van der Waals surface area contributed by atoms with Crippen molar-refractivity contribution in [3.05, 3.63) is 0 Å². The van der Waals surface area contributed by atoms with Gasteiger partial charge in [0.2, 0.25) is 0 Å². The largest absolute Gasteiger partial charge is 0.465 e. The predicted octanol–water partition coefficient (Wildman–Crippen LogP) is 0.359. The molecular formula is C9H12O4. The number of ether oxygens (including phenoxy) is 2. The Morgan fingerprint density at radius 2 is 2.46 bits per heavy atom. The van der Waals surface area contributed by atoms with Gasteiger partial charge in [0.15, 0.2) is 5.41 Å². The second-order valence-electron chi connectivity index (χ2n) is 3.58. The summed E-state index contributed by atoms with van der Waals surface area (Å²) in [6.07, 6.45) is 0. The van der Waals surface area contributed by atoms with Crippen LogP contribution in [0.5, 0.6) is 0 Å². The number of hydrogen-bond donors (Lipinski definition) is 0. The molecule has 2 aliphatic rings. The Morgan fingerprint density at radius 3 is 2.92 bits per heavy atom. The van der Waals surface area contributed by atoms with E-state index in [4.69, 9.17) is 9.47 Å². The van der Waals surface area contributed by atoms with Gasteiger partial charge in [0.25, 0.3) is 0 Å². The molecule has 4 heteroatoms. The SMILES string of the molecule is CCOC(=O)[C@@]12C(=O)OC[C@@H]1[C@@H]2C. The summed E-state index contributed by atoms with van der Waals surface area (Å²) in [4.78, 5) is 22.8. The molecular weight excluding hydrogens is 172 g/mol. The highest BCUT2D eigenvalue weighted by Gasteiger charge is 2.78. The van der Waals surface area contributed by atoms with Crippen molar-refractivity contribution in [2.24, 2.45) is 17.3 Å². The number of rotatable bonds is 2. The van der Waals surface area contributed by atoms with Crippen LogP contribution in [0.4, 0.5) is 0 Å². The normalized spacial score (nSPS) is 40.9. The van der Waals surface area contributed by atoms with Crippen LogP contribution in [0.3, 0.4) is 0 Å². The quantitative estimate of drug-likeness (QED) is 0.459. The van der Waals surface area contributed by atoms with Crippen molar-refractivity contribution in [3.63, 3.8) is 0 Å². The van der Waals surface area contributed by atoms with Gasteiger partial charge in [-0.05, 0) is 12.8 Å². The van der Waals surface area contributed by atoms with E-state index in [1.165, 1.54) is 0 Å². The highest BCUT2D eigenvalue weighted by Crippen LogP contribution is 2.63. The van der Waals surface area contributed by atoms with Crippen LogP contribution < -0.4 is 0 Å². The summed E-state index contributed by atoms with van der Waals surface area (Å²) >= 11 is 0. The van der Waals surface area contributed by atoms with Crippen LogP contribution in [0.1, 0.15) is 13.8 Å². The van der Waals surface area contributed by atoms with E-state index in [9.17, 15) is 9.59 Å². The molecule has 13 heavy (non-hydrogen) atoms. The van der Waals surface area contributed by atoms with Gasteiger partial charge in [-0.2, -0.15) is 0 Å². The zero-order chi connectivity index (χ0) is 9.64. The van der Waals surface area contributed by atoms with Gasteiger partial charge in [-0.3, -0.25) is 9.59 Å². The summed E-state index contributed by atoms with van der Waals surface area (Å²) in [5, 5.41) is 0. The molecule has 0 bridgehead atoms. The average molecular weight is 184 g/mol. The molecule has 4 nitrogen and oxygen atoms in total. The van der Waals surface area contributed by atoms with Gasteiger partial charge in [0, 0.05) is 5.92 Å². The van der Waals surface area contributed by atoms with Crippen molar-refractivity contribution in [2.75, 3.05) is 13.2 Å². The Labute approximate surface area is 76.2 Å². The van der Waals surface area contributed by atoms with Gasteiger partial charge in [0.1, 0.15) is 0 Å². The Bertz CT molecular complexity index is 273. The topological polar surface area (TPSA) is 52.6 Å². The third-order valence-electron chi connectivity index (χ3n) is 3.14. The molecule has 3 atom stereocenters. The Hall–Kier alpha value is -1.06. The number of carbonyl (C=O) groups is 2. The molecule has 1 saturated heterocycles. The van der Waals surface area contributed by atoms with Crippen LogP contribution >= 0.6 is 0 Å². The summed E-state index contributed by atoms with van der Waals surface area (Å²) in [5.74, 6) is -0.662. The fourth-order valence-corrected chi connectivity index (χ4v) is 2.22. The first-order chi connectivity index (χ1) is 6.15. The van der Waals surface area contributed by atoms with Gasteiger partial charge >= 0.3 is 11.9 Å². The van der Waals surface area contributed by atoms with E-state index >= 15 is 0 Å². The molecule has 1 saturated carbocycles. The fraction of sp³-hybridized carbons (Fsp3) is 0.778. The molecule has 0 aromatic rings. The van der Waals surface area contributed by atoms with Crippen molar-refractivity contribution >= 4 is 11.9 Å². The minimum Gasteiger partial charge on any atom is -0.465 e. The lowest BCUT2D eigenvalue weighted by Crippen LogP contribution is -2.28. The van der Waals surface area contributed by atoms with E-state index in [1.807, 2.05) is 6.92 Å². The van der Waals surface area contributed by atoms with E-state index in [-0.39, 0.29) is 11.8 Å². The van der Waals surface area contributed by atoms with Crippen molar-refractivity contribution in [3.8, 4) is 0 Å². The summed E-state index contributed by atoms with van der Waals surface area (Å²) in [6.45, 7) is 4.31. The van der Waals surface area contributed by atoms with Crippen molar-refractivity contribution in [1.29, 1.82) is 0 Å². The lowest BCUT2D eigenvalue weighted by atomic mass is 10.0. The second-order valence-corrected chi connectivity index (χ2v) is 3.58. The summed E-state index contributed by atoms with van der Waals surface area (Å²) in [7, 11) is 0. The zero-order valence-electron chi connectivity index (χ0n) is 7.70. The summed E-state index contributed by atoms with van der Waals surface area (Å²) < 4.78 is 9.69. The number of fused-ring (bicyclic) bond motifs is 1. The first-order valence-electron chi connectivity index (χ1n) is 4.50. The van der Waals surface area contributed by atoms with E-state index in [0.717, 1.165) is 0 Å². The lowest BCUT2D eigenvalue weighted by Gasteiger charge is -2.09. The maximum absolute atomic E-state index is 11.5. The van der Waals surface area contributed by atoms with Crippen LogP contribution in [0, 0.1) is 17.3 Å². The molecule has 2 rings (SSSR count). The van der Waals surface area contributed by atoms with Crippen molar-refractivity contribution < 1.29 is 19.1 Å². The molecule has 0 unspecified atom stereocenters. The van der Waals surface area contributed by atoms with Crippen molar-refractivity contribution in [1.82, 2.24) is 0 Å². The predicted molar refractivity (Wildman–Crippen MR) is 42.7 cm³/mol. The molecule has 0 aromatic heterocycles. The summed E-state index contributed by atoms with van der Waals surface area (Å²) in [6, 6.07) is 0. The molecule has 2 fully saturated rings. The summed E-state index contributed by atoms with van der Waals surface area (Å²) in [5.41, 5.74) is -0.935. The van der Waals surface area contributed by atoms with Gasteiger partial charge in [0.05, 0.1) is 13.2 Å². The maximum atomic E-state index is 11.5. The van der Waals surface area contributed by atoms with Crippen LogP contribution in [0.2, 0.25) is 0 Å². The molecule has 1 heterocycles. The molecule has 1 aliphatic carbocycles. The third-order valence-corrected chi connectivity index (χ3v) is 3.14. The average Bonchev–Trinajstić information content (AvgIpc) is 2.50. The number of esters is 2. The number of cyclic esters (lactones) is 1. The molecule has 0 amide bonds. The van der Waals surface area contributed by atoms with E-state index in [1.54, 1.807) is 6.92 Å². The highest BCUT2D eigenvalue weighted by molar-refractivity contribution is 6.06. The molecule has 0 spiro atoms. The second kappa shape index (κ2) is 2.47. The fourth-order valence-electron chi connectivity index (χ4n) is 2.22. The number of carbonyl (C=O) groups excluding carboxylic acids is 2. The van der Waals surface area contributed by atoms with E-state index in [2.05, 4.69) is 0 Å². The number of hydrogen-bond acceptors (Lipinski definition) is 4. The van der Waals surface area contributed by atoms with Crippen molar-refractivity contribution in [2.45, 2.75) is 13.8 Å². The Morgan fingerprint density at radius 1 is 1.77 bits per heavy atom. The lowest BCUT2D eigenvalue weighted by molar-refractivity contribution is -0.160. The first-order valence-corrected chi connectivity index (χ1v) is 4.50. The minimum atomic E-state index is -0.935. The molecule has 1 aliphatic heterocycles. The highest BCUT2D eigenvalue weighted by atomic mass is 16.6. The minimum absolute atomic E-state index is 0.0547. The van der Waals surface area contributed by atoms with Crippen LogP contribution in [0.25, 0.3) is 0 Å². The molecule has 72 valence electrons.